The highest BCUT2D eigenvalue weighted by Gasteiger charge is 2.29. The Morgan fingerprint density at radius 1 is 1.33 bits per heavy atom. The highest BCUT2D eigenvalue weighted by Crippen LogP contribution is 2.32. The van der Waals surface area contributed by atoms with Crippen LogP contribution < -0.4 is 15.5 Å². The summed E-state index contributed by atoms with van der Waals surface area (Å²) in [4.78, 5) is 15.5. The summed E-state index contributed by atoms with van der Waals surface area (Å²) in [6.45, 7) is 0. The Labute approximate surface area is 125 Å². The molecule has 21 heavy (non-hydrogen) atoms. The monoisotopic (exact) mass is 305 g/mol. The fourth-order valence-electron chi connectivity index (χ4n) is 2.18. The lowest BCUT2D eigenvalue weighted by Gasteiger charge is -2.27. The maximum absolute atomic E-state index is 11.6. The Morgan fingerprint density at radius 3 is 2.90 bits per heavy atom. The second-order valence-corrected chi connectivity index (χ2v) is 5.13. The maximum atomic E-state index is 11.6. The van der Waals surface area contributed by atoms with Crippen molar-refractivity contribution in [2.24, 2.45) is 5.73 Å². The van der Waals surface area contributed by atoms with Crippen molar-refractivity contribution in [1.82, 2.24) is 4.98 Å². The predicted molar refractivity (Wildman–Crippen MR) is 76.7 cm³/mol. The molecule has 0 saturated heterocycles. The van der Waals surface area contributed by atoms with Crippen LogP contribution in [0.4, 0.5) is 5.69 Å². The molecule has 0 fully saturated rings. The van der Waals surface area contributed by atoms with E-state index in [2.05, 4.69) is 4.98 Å². The number of benzene rings is 1. The van der Waals surface area contributed by atoms with Crippen molar-refractivity contribution in [2.45, 2.75) is 12.5 Å². The molecule has 0 unspecified atom stereocenters. The molecule has 2 aromatic rings. The molecule has 0 aliphatic carbocycles. The van der Waals surface area contributed by atoms with Gasteiger partial charge in [0.2, 0.25) is 0 Å². The fourth-order valence-corrected chi connectivity index (χ4v) is 2.34. The van der Waals surface area contributed by atoms with E-state index in [0.717, 1.165) is 5.56 Å². The van der Waals surface area contributed by atoms with Crippen molar-refractivity contribution in [3.63, 3.8) is 0 Å². The number of hydrogen-bond acceptors (Lipinski definition) is 5. The molecule has 0 saturated carbocycles. The molecule has 0 radical (unpaired) electrons. The van der Waals surface area contributed by atoms with Gasteiger partial charge in [0.1, 0.15) is 11.5 Å². The molecule has 1 atom stereocenters. The van der Waals surface area contributed by atoms with Gasteiger partial charge in [-0.2, -0.15) is 5.06 Å². The SMILES string of the molecule is N[C@H]1Cc2cc(Oc3cncc(Cl)c3)ccc2N(O)C1=O. The Morgan fingerprint density at radius 2 is 2.14 bits per heavy atom. The summed E-state index contributed by atoms with van der Waals surface area (Å²) < 4.78 is 5.65. The van der Waals surface area contributed by atoms with E-state index in [9.17, 15) is 10.0 Å². The third kappa shape index (κ3) is 2.69. The quantitative estimate of drug-likeness (QED) is 0.830. The topological polar surface area (TPSA) is 88.7 Å². The molecule has 6 nitrogen and oxygen atoms in total. The molecule has 1 aliphatic rings. The number of fused-ring (bicyclic) bond motifs is 1. The van der Waals surface area contributed by atoms with Crippen LogP contribution in [0.5, 0.6) is 11.5 Å². The first kappa shape index (κ1) is 13.8. The van der Waals surface area contributed by atoms with Crippen LogP contribution in [0.1, 0.15) is 5.56 Å². The van der Waals surface area contributed by atoms with E-state index >= 15 is 0 Å². The van der Waals surface area contributed by atoms with Crippen molar-refractivity contribution in [3.05, 3.63) is 47.2 Å². The third-order valence-corrected chi connectivity index (χ3v) is 3.37. The standard InChI is InChI=1S/C14H12ClN3O3/c15-9-5-11(7-17-6-9)21-10-1-2-13-8(3-10)4-12(16)14(19)18(13)20/h1-3,5-7,12,20H,4,16H2/t12-/m0/s1. The van der Waals surface area contributed by atoms with Crippen LogP contribution in [-0.4, -0.2) is 22.1 Å². The minimum Gasteiger partial charge on any atom is -0.456 e. The first-order valence-electron chi connectivity index (χ1n) is 6.24. The molecule has 0 spiro atoms. The average Bonchev–Trinajstić information content (AvgIpc) is 2.45. The molecule has 0 bridgehead atoms. The molecule has 3 rings (SSSR count). The van der Waals surface area contributed by atoms with Crippen molar-refractivity contribution >= 4 is 23.2 Å². The zero-order chi connectivity index (χ0) is 15.0. The van der Waals surface area contributed by atoms with Crippen LogP contribution in [0, 0.1) is 0 Å². The number of nitrogens with two attached hydrogens (primary N) is 1. The smallest absolute Gasteiger partial charge is 0.267 e. The minimum atomic E-state index is -0.759. The molecule has 1 aromatic heterocycles. The van der Waals surface area contributed by atoms with Crippen molar-refractivity contribution < 1.29 is 14.7 Å². The van der Waals surface area contributed by atoms with E-state index < -0.39 is 11.9 Å². The number of amides is 1. The number of ether oxygens (including phenoxy) is 1. The first-order valence-corrected chi connectivity index (χ1v) is 6.62. The number of aromatic nitrogens is 1. The number of rotatable bonds is 2. The average molecular weight is 306 g/mol. The number of halogens is 1. The van der Waals surface area contributed by atoms with Crippen LogP contribution in [0.25, 0.3) is 0 Å². The normalized spacial score (nSPS) is 17.6. The van der Waals surface area contributed by atoms with Gasteiger partial charge in [0.15, 0.2) is 0 Å². The summed E-state index contributed by atoms with van der Waals surface area (Å²) in [5.41, 5.74) is 6.84. The van der Waals surface area contributed by atoms with Gasteiger partial charge in [0.25, 0.3) is 5.91 Å². The summed E-state index contributed by atoms with van der Waals surface area (Å²) in [6.07, 6.45) is 3.39. The fraction of sp³-hybridized carbons (Fsp3) is 0.143. The molecule has 108 valence electrons. The molecule has 1 aliphatic heterocycles. The lowest BCUT2D eigenvalue weighted by Crippen LogP contribution is -2.47. The van der Waals surface area contributed by atoms with Gasteiger partial charge in [-0.3, -0.25) is 15.0 Å². The van der Waals surface area contributed by atoms with E-state index in [0.29, 0.717) is 33.7 Å². The Balaban J connectivity index is 1.90. The molecular weight excluding hydrogens is 294 g/mol. The van der Waals surface area contributed by atoms with Gasteiger partial charge in [-0.1, -0.05) is 11.6 Å². The van der Waals surface area contributed by atoms with Gasteiger partial charge in [0.05, 0.1) is 22.9 Å². The molecular formula is C14H12ClN3O3. The number of carbonyl (C=O) groups is 1. The van der Waals surface area contributed by atoms with Crippen molar-refractivity contribution in [1.29, 1.82) is 0 Å². The Bertz CT molecular complexity index is 708. The summed E-state index contributed by atoms with van der Waals surface area (Å²) >= 11 is 5.84. The van der Waals surface area contributed by atoms with Crippen LogP contribution >= 0.6 is 11.6 Å². The van der Waals surface area contributed by atoms with Gasteiger partial charge in [0, 0.05) is 12.3 Å². The van der Waals surface area contributed by atoms with Gasteiger partial charge in [-0.25, -0.2) is 0 Å². The van der Waals surface area contributed by atoms with Crippen LogP contribution in [-0.2, 0) is 11.2 Å². The van der Waals surface area contributed by atoms with Gasteiger partial charge < -0.3 is 10.5 Å². The second-order valence-electron chi connectivity index (χ2n) is 4.69. The number of nitrogens with zero attached hydrogens (tertiary/aromatic N) is 2. The lowest BCUT2D eigenvalue weighted by molar-refractivity contribution is -0.125. The van der Waals surface area contributed by atoms with Crippen LogP contribution in [0.3, 0.4) is 0 Å². The third-order valence-electron chi connectivity index (χ3n) is 3.16. The zero-order valence-electron chi connectivity index (χ0n) is 10.9. The minimum absolute atomic E-state index is 0.343. The van der Waals surface area contributed by atoms with Crippen LogP contribution in [0.15, 0.2) is 36.7 Å². The predicted octanol–water partition coefficient (Wildman–Crippen LogP) is 2.13. The number of carbonyl (C=O) groups excluding carboxylic acids is 1. The number of anilines is 1. The molecule has 1 amide bonds. The number of hydrogen-bond donors (Lipinski definition) is 2. The second kappa shape index (κ2) is 5.33. The van der Waals surface area contributed by atoms with Gasteiger partial charge in [-0.15, -0.1) is 0 Å². The maximum Gasteiger partial charge on any atom is 0.267 e. The van der Waals surface area contributed by atoms with Gasteiger partial charge in [-0.05, 0) is 30.2 Å². The van der Waals surface area contributed by atoms with E-state index in [1.165, 1.54) is 6.20 Å². The molecule has 7 heteroatoms. The summed E-state index contributed by atoms with van der Waals surface area (Å²) in [5.74, 6) is 0.530. The highest BCUT2D eigenvalue weighted by molar-refractivity contribution is 6.30. The van der Waals surface area contributed by atoms with Crippen molar-refractivity contribution in [2.75, 3.05) is 5.06 Å². The van der Waals surface area contributed by atoms with E-state index in [4.69, 9.17) is 22.1 Å². The summed E-state index contributed by atoms with van der Waals surface area (Å²) in [5, 5.41) is 10.8. The molecule has 1 aromatic carbocycles. The number of hydroxylamine groups is 1. The summed E-state index contributed by atoms with van der Waals surface area (Å²) in [6, 6.07) is 5.86. The Hall–Kier alpha value is -2.15. The van der Waals surface area contributed by atoms with Crippen molar-refractivity contribution in [3.8, 4) is 11.5 Å². The largest absolute Gasteiger partial charge is 0.456 e. The highest BCUT2D eigenvalue weighted by atomic mass is 35.5. The van der Waals surface area contributed by atoms with E-state index in [1.807, 2.05) is 0 Å². The molecule has 3 N–H and O–H groups in total. The Kier molecular flexibility index (Phi) is 3.50. The van der Waals surface area contributed by atoms with Crippen LogP contribution in [0.2, 0.25) is 5.02 Å². The van der Waals surface area contributed by atoms with Gasteiger partial charge >= 0.3 is 0 Å². The molecule has 2 heterocycles. The summed E-state index contributed by atoms with van der Waals surface area (Å²) in [7, 11) is 0. The van der Waals surface area contributed by atoms with E-state index in [1.54, 1.807) is 30.5 Å². The zero-order valence-corrected chi connectivity index (χ0v) is 11.6. The number of pyridine rings is 1. The lowest BCUT2D eigenvalue weighted by atomic mass is 9.99. The van der Waals surface area contributed by atoms with E-state index in [-0.39, 0.29) is 0 Å². The first-order chi connectivity index (χ1) is 10.0.